The fourth-order valence-electron chi connectivity index (χ4n) is 2.32. The minimum atomic E-state index is -0.142. The number of hydrogen-bond acceptors (Lipinski definition) is 3. The largest absolute Gasteiger partial charge is 0.371 e. The van der Waals surface area contributed by atoms with E-state index in [0.29, 0.717) is 0 Å². The maximum Gasteiger partial charge on any atom is 0.244 e. The highest BCUT2D eigenvalue weighted by Crippen LogP contribution is 2.22. The Hall–Kier alpha value is -1.82. The van der Waals surface area contributed by atoms with Gasteiger partial charge in [-0.3, -0.25) is 4.79 Å². The zero-order chi connectivity index (χ0) is 14.1. The number of aromatic nitrogens is 2. The fourth-order valence-corrected chi connectivity index (χ4v) is 2.79. The summed E-state index contributed by atoms with van der Waals surface area (Å²) >= 11 is 3.51. The highest BCUT2D eigenvalue weighted by molar-refractivity contribution is 9.10. The Balaban J connectivity index is 1.78. The quantitative estimate of drug-likeness (QED) is 0.936. The van der Waals surface area contributed by atoms with Crippen molar-refractivity contribution in [2.75, 3.05) is 18.9 Å². The van der Waals surface area contributed by atoms with Crippen LogP contribution in [0.15, 0.2) is 41.1 Å². The molecule has 2 aromatic rings. The van der Waals surface area contributed by atoms with Crippen molar-refractivity contribution >= 4 is 27.5 Å². The van der Waals surface area contributed by atoms with E-state index < -0.39 is 0 Å². The average molecular weight is 335 g/mol. The smallest absolute Gasteiger partial charge is 0.244 e. The lowest BCUT2D eigenvalue weighted by Crippen LogP contribution is -2.30. The lowest BCUT2D eigenvalue weighted by Gasteiger charge is -2.11. The molecule has 20 heavy (non-hydrogen) atoms. The molecule has 1 atom stereocenters. The molecule has 1 N–H and O–H groups in total. The zero-order valence-electron chi connectivity index (χ0n) is 11.1. The van der Waals surface area contributed by atoms with Crippen molar-refractivity contribution in [3.05, 3.63) is 41.1 Å². The molecule has 0 radical (unpaired) electrons. The van der Waals surface area contributed by atoms with Crippen molar-refractivity contribution < 1.29 is 4.79 Å². The second kappa shape index (κ2) is 5.28. The summed E-state index contributed by atoms with van der Waals surface area (Å²) in [6.45, 7) is 0.800. The number of hydrogen-bond donors (Lipinski definition) is 1. The van der Waals surface area contributed by atoms with Gasteiger partial charge < -0.3 is 10.2 Å². The molecule has 104 valence electrons. The normalized spacial score (nSPS) is 18.6. The van der Waals surface area contributed by atoms with Crippen molar-refractivity contribution in [2.24, 2.45) is 0 Å². The number of likely N-dealkylation sites (N-methyl/N-ethyl adjacent to an activating group) is 1. The molecule has 1 fully saturated rings. The number of anilines is 1. The summed E-state index contributed by atoms with van der Waals surface area (Å²) < 4.78 is 2.77. The monoisotopic (exact) mass is 334 g/mol. The van der Waals surface area contributed by atoms with Crippen LogP contribution in [0.2, 0.25) is 0 Å². The second-order valence-corrected chi connectivity index (χ2v) is 5.72. The van der Waals surface area contributed by atoms with Gasteiger partial charge in [-0.05, 0) is 34.5 Å². The minimum Gasteiger partial charge on any atom is -0.371 e. The summed E-state index contributed by atoms with van der Waals surface area (Å²) in [4.78, 5) is 13.6. The molecule has 0 spiro atoms. The van der Waals surface area contributed by atoms with Crippen molar-refractivity contribution in [3.63, 3.8) is 0 Å². The van der Waals surface area contributed by atoms with Crippen LogP contribution in [0, 0.1) is 0 Å². The van der Waals surface area contributed by atoms with Gasteiger partial charge >= 0.3 is 0 Å². The van der Waals surface area contributed by atoms with Crippen molar-refractivity contribution in [1.29, 1.82) is 0 Å². The molecule has 0 aliphatic carbocycles. The van der Waals surface area contributed by atoms with E-state index in [2.05, 4.69) is 26.3 Å². The van der Waals surface area contributed by atoms with Gasteiger partial charge in [-0.25, -0.2) is 4.68 Å². The number of carbonyl (C=O) groups is 1. The molecule has 1 amide bonds. The Labute approximate surface area is 125 Å². The number of para-hydroxylation sites is 1. The lowest BCUT2D eigenvalue weighted by atomic mass is 10.2. The molecular formula is C14H15BrN4O. The maximum atomic E-state index is 11.9. The van der Waals surface area contributed by atoms with Crippen LogP contribution in [-0.2, 0) is 4.79 Å². The lowest BCUT2D eigenvalue weighted by molar-refractivity contribution is -0.127. The molecule has 1 aromatic carbocycles. The van der Waals surface area contributed by atoms with Crippen LogP contribution in [-0.4, -0.2) is 40.2 Å². The van der Waals surface area contributed by atoms with Gasteiger partial charge in [-0.1, -0.05) is 12.1 Å². The molecular weight excluding hydrogens is 320 g/mol. The van der Waals surface area contributed by atoms with Crippen molar-refractivity contribution in [2.45, 2.75) is 12.5 Å². The van der Waals surface area contributed by atoms with Crippen LogP contribution >= 0.6 is 15.9 Å². The third-order valence-corrected chi connectivity index (χ3v) is 4.12. The molecule has 1 unspecified atom stereocenters. The van der Waals surface area contributed by atoms with E-state index in [9.17, 15) is 4.79 Å². The summed E-state index contributed by atoms with van der Waals surface area (Å²) in [5.74, 6) is 0.138. The van der Waals surface area contributed by atoms with E-state index in [0.717, 1.165) is 28.8 Å². The Morgan fingerprint density at radius 1 is 1.40 bits per heavy atom. The van der Waals surface area contributed by atoms with Crippen LogP contribution < -0.4 is 5.32 Å². The highest BCUT2D eigenvalue weighted by atomic mass is 79.9. The average Bonchev–Trinajstić information content (AvgIpc) is 3.02. The van der Waals surface area contributed by atoms with E-state index >= 15 is 0 Å². The van der Waals surface area contributed by atoms with Gasteiger partial charge in [0.1, 0.15) is 6.04 Å². The molecule has 5 nitrogen and oxygen atoms in total. The topological polar surface area (TPSA) is 50.2 Å². The standard InChI is InChI=1S/C14H15BrN4O/c1-18-7-6-12(14(18)20)17-10-8-16-19(9-10)13-5-3-2-4-11(13)15/h2-5,8-9,12,17H,6-7H2,1H3. The van der Waals surface area contributed by atoms with E-state index in [4.69, 9.17) is 0 Å². The summed E-state index contributed by atoms with van der Waals surface area (Å²) in [5.41, 5.74) is 1.82. The number of likely N-dealkylation sites (tertiary alicyclic amines) is 1. The zero-order valence-corrected chi connectivity index (χ0v) is 12.7. The van der Waals surface area contributed by atoms with E-state index in [1.54, 1.807) is 15.8 Å². The number of amides is 1. The van der Waals surface area contributed by atoms with Crippen LogP contribution in [0.1, 0.15) is 6.42 Å². The molecule has 1 aliphatic rings. The van der Waals surface area contributed by atoms with Crippen LogP contribution in [0.3, 0.4) is 0 Å². The Morgan fingerprint density at radius 2 is 2.20 bits per heavy atom. The number of benzene rings is 1. The van der Waals surface area contributed by atoms with Gasteiger partial charge in [0.15, 0.2) is 0 Å². The molecule has 1 aromatic heterocycles. The van der Waals surface area contributed by atoms with E-state index in [1.807, 2.05) is 37.5 Å². The molecule has 1 aliphatic heterocycles. The summed E-state index contributed by atoms with van der Waals surface area (Å²) in [6, 6.07) is 7.74. The predicted molar refractivity (Wildman–Crippen MR) is 80.9 cm³/mol. The Kier molecular flexibility index (Phi) is 3.48. The SMILES string of the molecule is CN1CCC(Nc2cnn(-c3ccccc3Br)c2)C1=O. The first-order valence-corrected chi connectivity index (χ1v) is 7.25. The van der Waals surface area contributed by atoms with Gasteiger partial charge in [0.2, 0.25) is 5.91 Å². The third kappa shape index (κ3) is 2.43. The summed E-state index contributed by atoms with van der Waals surface area (Å²) in [6.07, 6.45) is 4.46. The first kappa shape index (κ1) is 13.2. The van der Waals surface area contributed by atoms with E-state index in [-0.39, 0.29) is 11.9 Å². The first-order valence-electron chi connectivity index (χ1n) is 6.46. The van der Waals surface area contributed by atoms with Gasteiger partial charge in [0.05, 0.1) is 23.8 Å². The van der Waals surface area contributed by atoms with Crippen LogP contribution in [0.4, 0.5) is 5.69 Å². The fraction of sp³-hybridized carbons (Fsp3) is 0.286. The van der Waals surface area contributed by atoms with Gasteiger partial charge in [0.25, 0.3) is 0 Å². The third-order valence-electron chi connectivity index (χ3n) is 3.45. The van der Waals surface area contributed by atoms with Crippen molar-refractivity contribution in [1.82, 2.24) is 14.7 Å². The van der Waals surface area contributed by atoms with Gasteiger partial charge in [-0.15, -0.1) is 0 Å². The number of nitrogens with one attached hydrogen (secondary N) is 1. The number of halogens is 1. The molecule has 0 bridgehead atoms. The van der Waals surface area contributed by atoms with E-state index in [1.165, 1.54) is 0 Å². The maximum absolute atomic E-state index is 11.9. The molecule has 3 rings (SSSR count). The summed E-state index contributed by atoms with van der Waals surface area (Å²) in [5, 5.41) is 7.57. The summed E-state index contributed by atoms with van der Waals surface area (Å²) in [7, 11) is 1.83. The predicted octanol–water partition coefficient (Wildman–Crippen LogP) is 2.28. The van der Waals surface area contributed by atoms with Crippen LogP contribution in [0.25, 0.3) is 5.69 Å². The molecule has 1 saturated heterocycles. The molecule has 0 saturated carbocycles. The van der Waals surface area contributed by atoms with Gasteiger partial charge in [-0.2, -0.15) is 5.10 Å². The first-order chi connectivity index (χ1) is 9.65. The molecule has 6 heteroatoms. The van der Waals surface area contributed by atoms with Gasteiger partial charge in [0, 0.05) is 18.1 Å². The Morgan fingerprint density at radius 3 is 2.90 bits per heavy atom. The Bertz CT molecular complexity index is 640. The number of rotatable bonds is 3. The van der Waals surface area contributed by atoms with Crippen LogP contribution in [0.5, 0.6) is 0 Å². The van der Waals surface area contributed by atoms with Crippen molar-refractivity contribution in [3.8, 4) is 5.69 Å². The highest BCUT2D eigenvalue weighted by Gasteiger charge is 2.28. The number of carbonyl (C=O) groups excluding carboxylic acids is 1. The second-order valence-electron chi connectivity index (χ2n) is 4.87. The minimum absolute atomic E-state index is 0.138. The molecule has 2 heterocycles. The number of nitrogens with zero attached hydrogens (tertiary/aromatic N) is 3.